The number of carbonyl (C=O) groups is 1. The van der Waals surface area contributed by atoms with Gasteiger partial charge in [0.1, 0.15) is 11.3 Å². The van der Waals surface area contributed by atoms with Gasteiger partial charge in [-0.1, -0.05) is 30.3 Å². The highest BCUT2D eigenvalue weighted by Crippen LogP contribution is 2.30. The third-order valence-electron chi connectivity index (χ3n) is 5.57. The molecular formula is C27H19I2N3O5. The van der Waals surface area contributed by atoms with Crippen molar-refractivity contribution in [3.63, 3.8) is 0 Å². The SMILES string of the molecule is COC(=O)[C@H](C)Oc1c(I)cc(C=Nn2c(-c3cc4ccccc4o3)nc3ccccc3c2=O)cc1I. The maximum absolute atomic E-state index is 13.5. The first-order chi connectivity index (χ1) is 17.9. The van der Waals surface area contributed by atoms with Crippen LogP contribution in [0.5, 0.6) is 5.75 Å². The van der Waals surface area contributed by atoms with Crippen molar-refractivity contribution in [1.82, 2.24) is 9.66 Å². The molecule has 8 nitrogen and oxygen atoms in total. The molecule has 0 aliphatic rings. The maximum atomic E-state index is 13.5. The Labute approximate surface area is 238 Å². The Bertz CT molecular complexity index is 1690. The fraction of sp³-hybridized carbons (Fsp3) is 0.111. The van der Waals surface area contributed by atoms with Crippen molar-refractivity contribution in [2.75, 3.05) is 7.11 Å². The first-order valence-electron chi connectivity index (χ1n) is 11.1. The summed E-state index contributed by atoms with van der Waals surface area (Å²) in [6, 6.07) is 20.3. The van der Waals surface area contributed by atoms with Crippen LogP contribution in [0.3, 0.4) is 0 Å². The molecule has 0 aliphatic heterocycles. The highest BCUT2D eigenvalue weighted by atomic mass is 127. The number of rotatable bonds is 6. The zero-order valence-electron chi connectivity index (χ0n) is 19.6. The third kappa shape index (κ3) is 5.12. The van der Waals surface area contributed by atoms with Gasteiger partial charge in [0.15, 0.2) is 11.9 Å². The summed E-state index contributed by atoms with van der Waals surface area (Å²) in [7, 11) is 1.32. The molecule has 5 rings (SSSR count). The molecule has 3 aromatic carbocycles. The molecule has 0 unspecified atom stereocenters. The number of furan rings is 1. The number of benzene rings is 3. The van der Waals surface area contributed by atoms with E-state index in [1.165, 1.54) is 11.8 Å². The van der Waals surface area contributed by atoms with E-state index in [4.69, 9.17) is 18.9 Å². The summed E-state index contributed by atoms with van der Waals surface area (Å²) < 4.78 is 19.4. The van der Waals surface area contributed by atoms with E-state index in [1.54, 1.807) is 31.3 Å². The van der Waals surface area contributed by atoms with Crippen molar-refractivity contribution < 1.29 is 18.7 Å². The van der Waals surface area contributed by atoms with E-state index in [2.05, 4.69) is 50.3 Å². The van der Waals surface area contributed by atoms with Crippen molar-refractivity contribution in [3.05, 3.63) is 89.8 Å². The molecular weight excluding hydrogens is 700 g/mol. The third-order valence-corrected chi connectivity index (χ3v) is 7.17. The highest BCUT2D eigenvalue weighted by molar-refractivity contribution is 14.1. The number of para-hydroxylation sites is 2. The molecule has 1 atom stereocenters. The van der Waals surface area contributed by atoms with Gasteiger partial charge in [0, 0.05) is 5.39 Å². The summed E-state index contributed by atoms with van der Waals surface area (Å²) in [6.45, 7) is 1.63. The molecule has 0 saturated carbocycles. The van der Waals surface area contributed by atoms with E-state index in [9.17, 15) is 9.59 Å². The van der Waals surface area contributed by atoms with Gasteiger partial charge < -0.3 is 13.9 Å². The number of hydrogen-bond donors (Lipinski definition) is 0. The van der Waals surface area contributed by atoms with Crippen LogP contribution in [-0.2, 0) is 9.53 Å². The molecule has 0 N–H and O–H groups in total. The Hall–Kier alpha value is -3.26. The molecule has 0 radical (unpaired) electrons. The normalized spacial score (nSPS) is 12.3. The quantitative estimate of drug-likeness (QED) is 0.124. The number of hydrogen-bond acceptors (Lipinski definition) is 7. The molecule has 0 aliphatic carbocycles. The standard InChI is InChI=1S/C27H19I2N3O5/c1-15(27(34)35-2)36-24-19(28)11-16(12-20(24)29)14-30-32-25(23-13-17-7-3-6-10-22(17)37-23)31-21-9-5-4-8-18(21)26(32)33/h3-15H,1-2H3/t15-/m0/s1. The fourth-order valence-electron chi connectivity index (χ4n) is 3.76. The zero-order valence-corrected chi connectivity index (χ0v) is 24.0. The topological polar surface area (TPSA) is 95.9 Å². The largest absolute Gasteiger partial charge is 0.477 e. The van der Waals surface area contributed by atoms with Gasteiger partial charge in [-0.05, 0) is 94.1 Å². The molecule has 2 aromatic heterocycles. The Morgan fingerprint density at radius 1 is 1.08 bits per heavy atom. The fourth-order valence-corrected chi connectivity index (χ4v) is 5.83. The number of aromatic nitrogens is 2. The summed E-state index contributed by atoms with van der Waals surface area (Å²) >= 11 is 4.27. The predicted octanol–water partition coefficient (Wildman–Crippen LogP) is 5.84. The summed E-state index contributed by atoms with van der Waals surface area (Å²) in [5.41, 5.74) is 1.67. The first kappa shape index (κ1) is 25.4. The minimum Gasteiger partial charge on any atom is -0.477 e. The van der Waals surface area contributed by atoms with Crippen molar-refractivity contribution in [2.45, 2.75) is 13.0 Å². The van der Waals surface area contributed by atoms with Crippen LogP contribution in [0.25, 0.3) is 33.5 Å². The number of esters is 1. The second-order valence-electron chi connectivity index (χ2n) is 8.06. The predicted molar refractivity (Wildman–Crippen MR) is 158 cm³/mol. The van der Waals surface area contributed by atoms with Crippen molar-refractivity contribution in [2.24, 2.45) is 5.10 Å². The number of halogens is 2. The van der Waals surface area contributed by atoms with E-state index in [0.29, 0.717) is 33.8 Å². The van der Waals surface area contributed by atoms with E-state index in [-0.39, 0.29) is 5.56 Å². The van der Waals surface area contributed by atoms with Gasteiger partial charge in [0.25, 0.3) is 5.56 Å². The average molecular weight is 719 g/mol. The lowest BCUT2D eigenvalue weighted by Crippen LogP contribution is -2.25. The number of carbonyl (C=O) groups excluding carboxylic acids is 1. The molecule has 186 valence electrons. The van der Waals surface area contributed by atoms with E-state index in [0.717, 1.165) is 18.1 Å². The van der Waals surface area contributed by atoms with Crippen LogP contribution in [0, 0.1) is 7.14 Å². The van der Waals surface area contributed by atoms with E-state index < -0.39 is 12.1 Å². The number of ether oxygens (including phenoxy) is 2. The van der Waals surface area contributed by atoms with Crippen LogP contribution < -0.4 is 10.3 Å². The van der Waals surface area contributed by atoms with Crippen molar-refractivity contribution in [3.8, 4) is 17.3 Å². The van der Waals surface area contributed by atoms with Gasteiger partial charge in [0.2, 0.25) is 5.82 Å². The maximum Gasteiger partial charge on any atom is 0.346 e. The Balaban J connectivity index is 1.59. The van der Waals surface area contributed by atoms with Crippen LogP contribution in [0.2, 0.25) is 0 Å². The van der Waals surface area contributed by atoms with Gasteiger partial charge in [-0.15, -0.1) is 0 Å². The van der Waals surface area contributed by atoms with Gasteiger partial charge in [0.05, 0.1) is 31.4 Å². The first-order valence-corrected chi connectivity index (χ1v) is 13.3. The molecule has 0 fully saturated rings. The Morgan fingerprint density at radius 2 is 1.78 bits per heavy atom. The minimum absolute atomic E-state index is 0.299. The number of nitrogens with zero attached hydrogens (tertiary/aromatic N) is 3. The lowest BCUT2D eigenvalue weighted by atomic mass is 10.2. The van der Waals surface area contributed by atoms with Crippen molar-refractivity contribution >= 4 is 79.2 Å². The van der Waals surface area contributed by atoms with Gasteiger partial charge in [-0.2, -0.15) is 9.78 Å². The Kier molecular flexibility index (Phi) is 7.29. The van der Waals surface area contributed by atoms with Crippen LogP contribution in [0.15, 0.2) is 81.0 Å². The van der Waals surface area contributed by atoms with Crippen LogP contribution >= 0.6 is 45.2 Å². The van der Waals surface area contributed by atoms with E-state index >= 15 is 0 Å². The van der Waals surface area contributed by atoms with Crippen LogP contribution in [-0.4, -0.2) is 35.1 Å². The summed E-state index contributed by atoms with van der Waals surface area (Å²) in [4.78, 5) is 29.9. The van der Waals surface area contributed by atoms with Crippen LogP contribution in [0.4, 0.5) is 0 Å². The Morgan fingerprint density at radius 3 is 2.51 bits per heavy atom. The van der Waals surface area contributed by atoms with Crippen LogP contribution in [0.1, 0.15) is 12.5 Å². The molecule has 0 spiro atoms. The smallest absolute Gasteiger partial charge is 0.346 e. The van der Waals surface area contributed by atoms with Crippen molar-refractivity contribution in [1.29, 1.82) is 0 Å². The summed E-state index contributed by atoms with van der Waals surface area (Å²) in [5.74, 6) is 0.848. The molecule has 0 saturated heterocycles. The van der Waals surface area contributed by atoms with Gasteiger partial charge in [-0.3, -0.25) is 4.79 Å². The lowest BCUT2D eigenvalue weighted by Gasteiger charge is -2.15. The van der Waals surface area contributed by atoms with E-state index in [1.807, 2.05) is 48.5 Å². The molecule has 10 heteroatoms. The molecule has 2 heterocycles. The summed E-state index contributed by atoms with van der Waals surface area (Å²) in [6.07, 6.45) is 0.835. The number of fused-ring (bicyclic) bond motifs is 2. The lowest BCUT2D eigenvalue weighted by molar-refractivity contribution is -0.147. The molecule has 37 heavy (non-hydrogen) atoms. The van der Waals surface area contributed by atoms with Gasteiger partial charge in [-0.25, -0.2) is 9.78 Å². The zero-order chi connectivity index (χ0) is 26.1. The molecule has 5 aromatic rings. The summed E-state index contributed by atoms with van der Waals surface area (Å²) in [5, 5.41) is 5.87. The minimum atomic E-state index is -0.750. The second kappa shape index (κ2) is 10.6. The average Bonchev–Trinajstić information content (AvgIpc) is 3.33. The molecule has 0 bridgehead atoms. The van der Waals surface area contributed by atoms with Gasteiger partial charge >= 0.3 is 5.97 Å². The number of methoxy groups -OCH3 is 1. The second-order valence-corrected chi connectivity index (χ2v) is 10.4. The highest BCUT2D eigenvalue weighted by Gasteiger charge is 2.19. The monoisotopic (exact) mass is 719 g/mol. The molecule has 0 amide bonds.